The van der Waals surface area contributed by atoms with Crippen molar-refractivity contribution in [3.05, 3.63) is 17.7 Å². The molecular weight excluding hydrogens is 196 g/mol. The van der Waals surface area contributed by atoms with E-state index in [-0.39, 0.29) is 0 Å². The highest BCUT2D eigenvalue weighted by atomic mass is 16.7. The third-order valence-corrected chi connectivity index (χ3v) is 2.63. The number of epoxide rings is 1. The molecule has 0 aliphatic carbocycles. The van der Waals surface area contributed by atoms with Crippen LogP contribution < -0.4 is 14.2 Å². The smallest absolute Gasteiger partial charge is 0.231 e. The molecule has 80 valence electrons. The van der Waals surface area contributed by atoms with Gasteiger partial charge in [0.05, 0.1) is 19.8 Å². The van der Waals surface area contributed by atoms with Crippen LogP contribution in [-0.2, 0) is 11.2 Å². The Bertz CT molecular complexity index is 384. The topological polar surface area (TPSA) is 40.2 Å². The molecule has 1 saturated heterocycles. The lowest BCUT2D eigenvalue weighted by Gasteiger charge is -2.08. The van der Waals surface area contributed by atoms with Crippen molar-refractivity contribution in [2.75, 3.05) is 20.5 Å². The average Bonchev–Trinajstić information content (AvgIpc) is 2.94. The molecule has 0 bridgehead atoms. The maximum Gasteiger partial charge on any atom is 0.231 e. The Balaban J connectivity index is 1.95. The molecule has 4 nitrogen and oxygen atoms in total. The summed E-state index contributed by atoms with van der Waals surface area (Å²) in [7, 11) is 1.66. The van der Waals surface area contributed by atoms with Crippen molar-refractivity contribution in [3.63, 3.8) is 0 Å². The monoisotopic (exact) mass is 208 g/mol. The van der Waals surface area contributed by atoms with Crippen LogP contribution in [0.4, 0.5) is 0 Å². The van der Waals surface area contributed by atoms with E-state index in [4.69, 9.17) is 18.9 Å². The molecule has 2 aliphatic rings. The van der Waals surface area contributed by atoms with Crippen molar-refractivity contribution >= 4 is 0 Å². The summed E-state index contributed by atoms with van der Waals surface area (Å²) < 4.78 is 21.1. The van der Waals surface area contributed by atoms with Gasteiger partial charge in [-0.25, -0.2) is 0 Å². The van der Waals surface area contributed by atoms with E-state index in [0.717, 1.165) is 35.8 Å². The van der Waals surface area contributed by atoms with Gasteiger partial charge < -0.3 is 18.9 Å². The van der Waals surface area contributed by atoms with Gasteiger partial charge in [0.25, 0.3) is 0 Å². The first-order valence-corrected chi connectivity index (χ1v) is 4.95. The minimum Gasteiger partial charge on any atom is -0.496 e. The molecule has 0 aromatic heterocycles. The van der Waals surface area contributed by atoms with Gasteiger partial charge in [0.1, 0.15) is 5.75 Å². The van der Waals surface area contributed by atoms with E-state index in [2.05, 4.69) is 0 Å². The van der Waals surface area contributed by atoms with Crippen molar-refractivity contribution < 1.29 is 18.9 Å². The number of benzene rings is 1. The Morgan fingerprint density at radius 1 is 1.33 bits per heavy atom. The molecule has 1 atom stereocenters. The Hall–Kier alpha value is -1.42. The lowest BCUT2D eigenvalue weighted by atomic mass is 10.1. The molecule has 0 spiro atoms. The standard InChI is InChI=1S/C11H12O4/c1-12-9-4-11-10(14-6-15-11)3-7(9)2-8-5-13-8/h3-4,8H,2,5-6H2,1H3. The molecule has 3 rings (SSSR count). The summed E-state index contributed by atoms with van der Waals surface area (Å²) in [5.74, 6) is 2.40. The highest BCUT2D eigenvalue weighted by molar-refractivity contribution is 5.52. The Morgan fingerprint density at radius 3 is 2.73 bits per heavy atom. The Kier molecular flexibility index (Phi) is 1.95. The fourth-order valence-electron chi connectivity index (χ4n) is 1.75. The zero-order chi connectivity index (χ0) is 10.3. The molecule has 0 N–H and O–H groups in total. The van der Waals surface area contributed by atoms with Gasteiger partial charge in [-0.1, -0.05) is 0 Å². The molecule has 0 amide bonds. The minimum absolute atomic E-state index is 0.294. The summed E-state index contributed by atoms with van der Waals surface area (Å²) in [6.45, 7) is 1.14. The van der Waals surface area contributed by atoms with Crippen LogP contribution in [0.3, 0.4) is 0 Å². The van der Waals surface area contributed by atoms with Crippen LogP contribution in [0.5, 0.6) is 17.2 Å². The summed E-state index contributed by atoms with van der Waals surface area (Å²) in [5, 5.41) is 0. The van der Waals surface area contributed by atoms with E-state index in [1.54, 1.807) is 7.11 Å². The zero-order valence-electron chi connectivity index (χ0n) is 8.49. The van der Waals surface area contributed by atoms with E-state index in [9.17, 15) is 0 Å². The number of fused-ring (bicyclic) bond motifs is 1. The van der Waals surface area contributed by atoms with Crippen LogP contribution in [0.1, 0.15) is 5.56 Å². The second kappa shape index (κ2) is 3.31. The summed E-state index contributed by atoms with van der Waals surface area (Å²) >= 11 is 0. The third-order valence-electron chi connectivity index (χ3n) is 2.63. The molecule has 1 aromatic carbocycles. The Labute approximate surface area is 87.7 Å². The summed E-state index contributed by atoms with van der Waals surface area (Å²) in [5.41, 5.74) is 1.12. The van der Waals surface area contributed by atoms with E-state index in [0.29, 0.717) is 12.9 Å². The molecule has 1 unspecified atom stereocenters. The third kappa shape index (κ3) is 1.61. The second-order valence-electron chi connectivity index (χ2n) is 3.68. The fraction of sp³-hybridized carbons (Fsp3) is 0.455. The van der Waals surface area contributed by atoms with Crippen molar-refractivity contribution in [3.8, 4) is 17.2 Å². The zero-order valence-corrected chi connectivity index (χ0v) is 8.49. The number of methoxy groups -OCH3 is 1. The summed E-state index contributed by atoms with van der Waals surface area (Å²) in [6, 6.07) is 3.85. The molecule has 1 fully saturated rings. The number of ether oxygens (including phenoxy) is 4. The van der Waals surface area contributed by atoms with Crippen LogP contribution in [-0.4, -0.2) is 26.6 Å². The van der Waals surface area contributed by atoms with E-state index in [1.165, 1.54) is 0 Å². The predicted molar refractivity (Wildman–Crippen MR) is 52.6 cm³/mol. The molecular formula is C11H12O4. The van der Waals surface area contributed by atoms with Crippen LogP contribution in [0.25, 0.3) is 0 Å². The van der Waals surface area contributed by atoms with Gasteiger partial charge >= 0.3 is 0 Å². The van der Waals surface area contributed by atoms with Gasteiger partial charge in [-0.3, -0.25) is 0 Å². The lowest BCUT2D eigenvalue weighted by molar-refractivity contribution is 0.174. The van der Waals surface area contributed by atoms with E-state index >= 15 is 0 Å². The normalized spacial score (nSPS) is 21.5. The van der Waals surface area contributed by atoms with Gasteiger partial charge in [-0.05, 0) is 6.07 Å². The first-order chi connectivity index (χ1) is 7.36. The maximum atomic E-state index is 5.32. The van der Waals surface area contributed by atoms with Crippen LogP contribution in [0.2, 0.25) is 0 Å². The molecule has 0 saturated carbocycles. The number of hydrogen-bond acceptors (Lipinski definition) is 4. The van der Waals surface area contributed by atoms with Crippen molar-refractivity contribution in [2.24, 2.45) is 0 Å². The SMILES string of the molecule is COc1cc2c(cc1CC1CO1)OCO2. The highest BCUT2D eigenvalue weighted by Gasteiger charge is 2.26. The fourth-order valence-corrected chi connectivity index (χ4v) is 1.75. The lowest BCUT2D eigenvalue weighted by Crippen LogP contribution is -1.97. The van der Waals surface area contributed by atoms with Crippen LogP contribution in [0.15, 0.2) is 12.1 Å². The second-order valence-corrected chi connectivity index (χ2v) is 3.68. The molecule has 1 aromatic rings. The van der Waals surface area contributed by atoms with Gasteiger partial charge in [-0.2, -0.15) is 0 Å². The van der Waals surface area contributed by atoms with Gasteiger partial charge in [-0.15, -0.1) is 0 Å². The van der Waals surface area contributed by atoms with Crippen molar-refractivity contribution in [2.45, 2.75) is 12.5 Å². The van der Waals surface area contributed by atoms with Crippen LogP contribution >= 0.6 is 0 Å². The average molecular weight is 208 g/mol. The number of rotatable bonds is 3. The molecule has 4 heteroatoms. The summed E-state index contributed by atoms with van der Waals surface area (Å²) in [4.78, 5) is 0. The molecule has 2 aliphatic heterocycles. The van der Waals surface area contributed by atoms with E-state index < -0.39 is 0 Å². The highest BCUT2D eigenvalue weighted by Crippen LogP contribution is 2.39. The molecule has 0 radical (unpaired) electrons. The van der Waals surface area contributed by atoms with E-state index in [1.807, 2.05) is 12.1 Å². The van der Waals surface area contributed by atoms with Crippen LogP contribution in [0, 0.1) is 0 Å². The van der Waals surface area contributed by atoms with Gasteiger partial charge in [0, 0.05) is 18.1 Å². The largest absolute Gasteiger partial charge is 0.496 e. The summed E-state index contributed by atoms with van der Waals surface area (Å²) in [6.07, 6.45) is 1.22. The number of hydrogen-bond donors (Lipinski definition) is 0. The van der Waals surface area contributed by atoms with Crippen molar-refractivity contribution in [1.29, 1.82) is 0 Å². The molecule has 2 heterocycles. The first kappa shape index (κ1) is 8.85. The quantitative estimate of drug-likeness (QED) is 0.703. The van der Waals surface area contributed by atoms with Crippen molar-refractivity contribution in [1.82, 2.24) is 0 Å². The first-order valence-electron chi connectivity index (χ1n) is 4.95. The predicted octanol–water partition coefficient (Wildman–Crippen LogP) is 1.37. The van der Waals surface area contributed by atoms with Gasteiger partial charge in [0.15, 0.2) is 11.5 Å². The minimum atomic E-state index is 0.294. The van der Waals surface area contributed by atoms with Gasteiger partial charge in [0.2, 0.25) is 6.79 Å². The Morgan fingerprint density at radius 2 is 2.07 bits per heavy atom. The maximum absolute atomic E-state index is 5.32. The molecule has 15 heavy (non-hydrogen) atoms.